The van der Waals surface area contributed by atoms with E-state index in [2.05, 4.69) is 17.0 Å². The van der Waals surface area contributed by atoms with Crippen molar-refractivity contribution >= 4 is 0 Å². The van der Waals surface area contributed by atoms with Crippen LogP contribution in [0, 0.1) is 5.92 Å². The molecule has 0 heterocycles. The van der Waals surface area contributed by atoms with E-state index >= 15 is 0 Å². The Labute approximate surface area is 117 Å². The lowest BCUT2D eigenvalue weighted by Gasteiger charge is -2.21. The molecule has 0 saturated heterocycles. The van der Waals surface area contributed by atoms with Gasteiger partial charge in [-0.3, -0.25) is 0 Å². The highest BCUT2D eigenvalue weighted by Crippen LogP contribution is 2.29. The molecule has 0 aliphatic heterocycles. The van der Waals surface area contributed by atoms with Crippen LogP contribution in [0.5, 0.6) is 5.75 Å². The molecule has 1 atom stereocenters. The first-order valence-electron chi connectivity index (χ1n) is 7.03. The minimum absolute atomic E-state index is 0.119. The van der Waals surface area contributed by atoms with Gasteiger partial charge in [-0.05, 0) is 31.7 Å². The maximum Gasteiger partial charge on any atom is 0.573 e. The Kier molecular flexibility index (Phi) is 4.91. The number of rotatable bonds is 5. The molecule has 112 valence electrons. The third-order valence-corrected chi connectivity index (χ3v) is 3.92. The van der Waals surface area contributed by atoms with Crippen LogP contribution in [-0.4, -0.2) is 12.4 Å². The standard InChI is InChI=1S/C15H20F3NO/c1-11(12-6-2-3-7-12)19-10-13-8-4-5-9-14(13)20-15(16,17)18/h4-5,8-9,11-12,19H,2-3,6-7,10H2,1H3. The van der Waals surface area contributed by atoms with Crippen LogP contribution in [0.25, 0.3) is 0 Å². The molecule has 1 aliphatic carbocycles. The fourth-order valence-electron chi connectivity index (χ4n) is 2.77. The second-order valence-electron chi connectivity index (χ2n) is 5.37. The van der Waals surface area contributed by atoms with Crippen molar-refractivity contribution in [3.63, 3.8) is 0 Å². The van der Waals surface area contributed by atoms with E-state index in [0.29, 0.717) is 24.1 Å². The second-order valence-corrected chi connectivity index (χ2v) is 5.37. The van der Waals surface area contributed by atoms with Gasteiger partial charge in [0.05, 0.1) is 0 Å². The van der Waals surface area contributed by atoms with Gasteiger partial charge in [0.1, 0.15) is 5.75 Å². The van der Waals surface area contributed by atoms with Gasteiger partial charge in [-0.25, -0.2) is 0 Å². The molecule has 5 heteroatoms. The second kappa shape index (κ2) is 6.48. The van der Waals surface area contributed by atoms with E-state index in [-0.39, 0.29) is 5.75 Å². The summed E-state index contributed by atoms with van der Waals surface area (Å²) in [6.07, 6.45) is 0.270. The van der Waals surface area contributed by atoms with Crippen molar-refractivity contribution in [2.24, 2.45) is 5.92 Å². The molecule has 1 saturated carbocycles. The number of nitrogens with one attached hydrogen (secondary N) is 1. The van der Waals surface area contributed by atoms with Gasteiger partial charge in [0.2, 0.25) is 0 Å². The number of ether oxygens (including phenoxy) is 1. The molecule has 2 rings (SSSR count). The summed E-state index contributed by atoms with van der Waals surface area (Å²) in [4.78, 5) is 0. The predicted molar refractivity (Wildman–Crippen MR) is 71.4 cm³/mol. The molecule has 0 bridgehead atoms. The van der Waals surface area contributed by atoms with E-state index in [1.165, 1.54) is 31.7 Å². The largest absolute Gasteiger partial charge is 0.573 e. The fourth-order valence-corrected chi connectivity index (χ4v) is 2.77. The summed E-state index contributed by atoms with van der Waals surface area (Å²) in [6.45, 7) is 2.49. The lowest BCUT2D eigenvalue weighted by atomic mass is 9.99. The van der Waals surface area contributed by atoms with Crippen molar-refractivity contribution in [2.75, 3.05) is 0 Å². The minimum atomic E-state index is -4.65. The molecular weight excluding hydrogens is 267 g/mol. The van der Waals surface area contributed by atoms with Crippen LogP contribution in [0.3, 0.4) is 0 Å². The fraction of sp³-hybridized carbons (Fsp3) is 0.600. The molecule has 1 fully saturated rings. The highest BCUT2D eigenvalue weighted by Gasteiger charge is 2.32. The summed E-state index contributed by atoms with van der Waals surface area (Å²) in [5.74, 6) is 0.511. The van der Waals surface area contributed by atoms with Gasteiger partial charge in [-0.2, -0.15) is 0 Å². The molecule has 1 aromatic carbocycles. The van der Waals surface area contributed by atoms with Crippen molar-refractivity contribution < 1.29 is 17.9 Å². The normalized spacial score (nSPS) is 18.2. The number of benzene rings is 1. The van der Waals surface area contributed by atoms with Gasteiger partial charge in [0.15, 0.2) is 0 Å². The molecule has 0 amide bonds. The molecule has 1 aromatic rings. The monoisotopic (exact) mass is 287 g/mol. The van der Waals surface area contributed by atoms with E-state index in [9.17, 15) is 13.2 Å². The maximum absolute atomic E-state index is 12.3. The van der Waals surface area contributed by atoms with Crippen LogP contribution in [0.4, 0.5) is 13.2 Å². The van der Waals surface area contributed by atoms with Crippen LogP contribution in [0.1, 0.15) is 38.2 Å². The van der Waals surface area contributed by atoms with E-state index in [0.717, 1.165) is 0 Å². The molecule has 1 unspecified atom stereocenters. The van der Waals surface area contributed by atoms with Crippen molar-refractivity contribution in [1.82, 2.24) is 5.32 Å². The zero-order chi connectivity index (χ0) is 14.6. The summed E-state index contributed by atoms with van der Waals surface area (Å²) in [6, 6.07) is 6.60. The molecule has 20 heavy (non-hydrogen) atoms. The van der Waals surface area contributed by atoms with Crippen LogP contribution in [0.2, 0.25) is 0 Å². The Balaban J connectivity index is 1.94. The highest BCUT2D eigenvalue weighted by atomic mass is 19.4. The van der Waals surface area contributed by atoms with Crippen molar-refractivity contribution in [2.45, 2.75) is 51.6 Å². The molecular formula is C15H20F3NO. The number of hydrogen-bond acceptors (Lipinski definition) is 2. The Morgan fingerprint density at radius 3 is 2.55 bits per heavy atom. The first-order chi connectivity index (χ1) is 9.46. The van der Waals surface area contributed by atoms with E-state index in [1.807, 2.05) is 0 Å². The number of para-hydroxylation sites is 1. The van der Waals surface area contributed by atoms with Crippen LogP contribution < -0.4 is 10.1 Å². The van der Waals surface area contributed by atoms with Crippen LogP contribution >= 0.6 is 0 Å². The van der Waals surface area contributed by atoms with Crippen molar-refractivity contribution in [3.05, 3.63) is 29.8 Å². The quantitative estimate of drug-likeness (QED) is 0.874. The van der Waals surface area contributed by atoms with Crippen molar-refractivity contribution in [3.8, 4) is 5.75 Å². The lowest BCUT2D eigenvalue weighted by Crippen LogP contribution is -2.32. The highest BCUT2D eigenvalue weighted by molar-refractivity contribution is 5.33. The van der Waals surface area contributed by atoms with E-state index in [4.69, 9.17) is 0 Å². The first-order valence-corrected chi connectivity index (χ1v) is 7.03. The Bertz CT molecular complexity index is 427. The van der Waals surface area contributed by atoms with E-state index < -0.39 is 6.36 Å². The SMILES string of the molecule is CC(NCc1ccccc1OC(F)(F)F)C1CCCC1. The number of alkyl halides is 3. The zero-order valence-corrected chi connectivity index (χ0v) is 11.5. The van der Waals surface area contributed by atoms with Gasteiger partial charge in [-0.15, -0.1) is 13.2 Å². The summed E-state index contributed by atoms with van der Waals surface area (Å²) in [7, 11) is 0. The molecule has 2 nitrogen and oxygen atoms in total. The maximum atomic E-state index is 12.3. The molecule has 0 aromatic heterocycles. The molecule has 1 N–H and O–H groups in total. The Morgan fingerprint density at radius 1 is 1.25 bits per heavy atom. The molecule has 0 radical (unpaired) electrons. The first kappa shape index (κ1) is 15.2. The number of halogens is 3. The van der Waals surface area contributed by atoms with Crippen molar-refractivity contribution in [1.29, 1.82) is 0 Å². The summed E-state index contributed by atoms with van der Waals surface area (Å²) in [5, 5.41) is 3.32. The van der Waals surface area contributed by atoms with Crippen LogP contribution in [0.15, 0.2) is 24.3 Å². The third-order valence-electron chi connectivity index (χ3n) is 3.92. The predicted octanol–water partition coefficient (Wildman–Crippen LogP) is 4.25. The Morgan fingerprint density at radius 2 is 1.90 bits per heavy atom. The molecule has 0 spiro atoms. The van der Waals surface area contributed by atoms with Gasteiger partial charge in [0.25, 0.3) is 0 Å². The van der Waals surface area contributed by atoms with E-state index in [1.54, 1.807) is 18.2 Å². The molecule has 1 aliphatic rings. The summed E-state index contributed by atoms with van der Waals surface area (Å²) in [5.41, 5.74) is 0.537. The smallest absolute Gasteiger partial charge is 0.405 e. The summed E-state index contributed by atoms with van der Waals surface area (Å²) < 4.78 is 41.0. The summed E-state index contributed by atoms with van der Waals surface area (Å²) >= 11 is 0. The Hall–Kier alpha value is -1.23. The lowest BCUT2D eigenvalue weighted by molar-refractivity contribution is -0.274. The number of hydrogen-bond donors (Lipinski definition) is 1. The zero-order valence-electron chi connectivity index (χ0n) is 11.5. The average Bonchev–Trinajstić information content (AvgIpc) is 2.89. The topological polar surface area (TPSA) is 21.3 Å². The van der Waals surface area contributed by atoms with Gasteiger partial charge >= 0.3 is 6.36 Å². The van der Waals surface area contributed by atoms with Gasteiger partial charge < -0.3 is 10.1 Å². The third kappa shape index (κ3) is 4.40. The average molecular weight is 287 g/mol. The minimum Gasteiger partial charge on any atom is -0.405 e. The van der Waals surface area contributed by atoms with Gasteiger partial charge in [0, 0.05) is 18.2 Å². The van der Waals surface area contributed by atoms with Gasteiger partial charge in [-0.1, -0.05) is 31.0 Å². The van der Waals surface area contributed by atoms with Crippen LogP contribution in [-0.2, 0) is 6.54 Å².